The molecule has 0 aliphatic carbocycles. The summed E-state index contributed by atoms with van der Waals surface area (Å²) in [6.45, 7) is 0. The standard InChI is InChI=1S/C11H9ClF3N3OS2/c1-21(19,6-7-2-3-9(12)16-4-7)18-10-17-8(5-20-10)11(13,14)15/h2-5H,6H2,1H3. The summed E-state index contributed by atoms with van der Waals surface area (Å²) in [5, 5.41) is 0.989. The second-order valence-corrected chi connectivity index (χ2v) is 7.81. The number of hydrogen-bond acceptors (Lipinski definition) is 5. The van der Waals surface area contributed by atoms with E-state index in [-0.39, 0.29) is 10.9 Å². The molecule has 0 aliphatic heterocycles. The van der Waals surface area contributed by atoms with E-state index >= 15 is 0 Å². The van der Waals surface area contributed by atoms with E-state index in [0.29, 0.717) is 22.1 Å². The van der Waals surface area contributed by atoms with Crippen molar-refractivity contribution in [2.75, 3.05) is 6.26 Å². The van der Waals surface area contributed by atoms with Crippen LogP contribution < -0.4 is 0 Å². The van der Waals surface area contributed by atoms with E-state index in [9.17, 15) is 17.4 Å². The molecule has 21 heavy (non-hydrogen) atoms. The third-order valence-corrected chi connectivity index (χ3v) is 4.78. The molecule has 0 saturated carbocycles. The molecule has 0 amide bonds. The fraction of sp³-hybridized carbons (Fsp3) is 0.273. The molecular weight excluding hydrogens is 347 g/mol. The van der Waals surface area contributed by atoms with Gasteiger partial charge >= 0.3 is 6.18 Å². The minimum atomic E-state index is -4.53. The van der Waals surface area contributed by atoms with Crippen LogP contribution in [0.5, 0.6) is 0 Å². The van der Waals surface area contributed by atoms with Gasteiger partial charge in [0.2, 0.25) is 5.13 Å². The summed E-state index contributed by atoms with van der Waals surface area (Å²) in [4.78, 5) is 7.18. The van der Waals surface area contributed by atoms with Crippen molar-refractivity contribution in [1.29, 1.82) is 0 Å². The molecule has 2 heterocycles. The Morgan fingerprint density at radius 1 is 1.43 bits per heavy atom. The number of pyridine rings is 1. The zero-order chi connectivity index (χ0) is 15.7. The predicted molar refractivity (Wildman–Crippen MR) is 76.2 cm³/mol. The van der Waals surface area contributed by atoms with Crippen molar-refractivity contribution in [3.8, 4) is 0 Å². The average Bonchev–Trinajstić information content (AvgIpc) is 2.79. The Labute approximate surface area is 128 Å². The van der Waals surface area contributed by atoms with Crippen LogP contribution in [0.4, 0.5) is 18.3 Å². The van der Waals surface area contributed by atoms with Gasteiger partial charge in [-0.3, -0.25) is 0 Å². The van der Waals surface area contributed by atoms with E-state index in [1.165, 1.54) is 18.5 Å². The minimum absolute atomic E-state index is 0.0537. The zero-order valence-electron chi connectivity index (χ0n) is 10.6. The van der Waals surface area contributed by atoms with Crippen molar-refractivity contribution in [3.63, 3.8) is 0 Å². The lowest BCUT2D eigenvalue weighted by molar-refractivity contribution is -0.140. The van der Waals surface area contributed by atoms with Crippen LogP contribution >= 0.6 is 22.9 Å². The highest BCUT2D eigenvalue weighted by molar-refractivity contribution is 7.92. The van der Waals surface area contributed by atoms with Crippen molar-refractivity contribution in [1.82, 2.24) is 9.97 Å². The molecular formula is C11H9ClF3N3OS2. The first-order chi connectivity index (χ1) is 9.66. The Kier molecular flexibility index (Phi) is 4.54. The quantitative estimate of drug-likeness (QED) is 0.777. The van der Waals surface area contributed by atoms with Crippen LogP contribution in [-0.4, -0.2) is 20.4 Å². The maximum absolute atomic E-state index is 12.4. The Hall–Kier alpha value is -1.19. The molecule has 0 aliphatic rings. The van der Waals surface area contributed by atoms with Gasteiger partial charge in [0.15, 0.2) is 5.69 Å². The Balaban J connectivity index is 2.24. The second-order valence-electron chi connectivity index (χ2n) is 4.20. The lowest BCUT2D eigenvalue weighted by Gasteiger charge is -2.03. The second kappa shape index (κ2) is 5.90. The van der Waals surface area contributed by atoms with Crippen molar-refractivity contribution < 1.29 is 17.4 Å². The smallest absolute Gasteiger partial charge is 0.249 e. The van der Waals surface area contributed by atoms with Gasteiger partial charge in [-0.15, -0.1) is 11.3 Å². The summed E-state index contributed by atoms with van der Waals surface area (Å²) in [6, 6.07) is 3.18. The molecule has 0 saturated heterocycles. The number of hydrogen-bond donors (Lipinski definition) is 0. The van der Waals surface area contributed by atoms with Crippen LogP contribution in [-0.2, 0) is 21.7 Å². The molecule has 114 valence electrons. The van der Waals surface area contributed by atoms with Gasteiger partial charge in [-0.05, 0) is 11.6 Å². The molecule has 0 bridgehead atoms. The van der Waals surface area contributed by atoms with Gasteiger partial charge in [-0.25, -0.2) is 14.2 Å². The van der Waals surface area contributed by atoms with Crippen LogP contribution in [0.3, 0.4) is 0 Å². The van der Waals surface area contributed by atoms with E-state index in [0.717, 1.165) is 5.38 Å². The molecule has 0 fully saturated rings. The largest absolute Gasteiger partial charge is 0.434 e. The number of thiazole rings is 1. The fourth-order valence-corrected chi connectivity index (χ4v) is 3.97. The van der Waals surface area contributed by atoms with E-state index in [4.69, 9.17) is 11.6 Å². The van der Waals surface area contributed by atoms with Crippen LogP contribution in [0.1, 0.15) is 11.3 Å². The molecule has 0 N–H and O–H groups in total. The highest BCUT2D eigenvalue weighted by Gasteiger charge is 2.33. The molecule has 4 nitrogen and oxygen atoms in total. The van der Waals surface area contributed by atoms with Crippen molar-refractivity contribution in [3.05, 3.63) is 40.1 Å². The summed E-state index contributed by atoms with van der Waals surface area (Å²) in [7, 11) is -2.76. The van der Waals surface area contributed by atoms with Crippen LogP contribution in [0.15, 0.2) is 28.1 Å². The number of alkyl halides is 3. The normalized spacial score (nSPS) is 14.7. The third-order valence-electron chi connectivity index (χ3n) is 2.28. The average molecular weight is 356 g/mol. The molecule has 2 rings (SSSR count). The van der Waals surface area contributed by atoms with Gasteiger partial charge < -0.3 is 0 Å². The predicted octanol–water partition coefficient (Wildman–Crippen LogP) is 4.14. The maximum Gasteiger partial charge on any atom is 0.434 e. The van der Waals surface area contributed by atoms with Crippen molar-refractivity contribution in [2.45, 2.75) is 11.9 Å². The molecule has 10 heteroatoms. The van der Waals surface area contributed by atoms with Crippen LogP contribution in [0, 0.1) is 0 Å². The third kappa shape index (κ3) is 4.65. The molecule has 1 unspecified atom stereocenters. The first-order valence-electron chi connectivity index (χ1n) is 5.49. The minimum Gasteiger partial charge on any atom is -0.249 e. The van der Waals surface area contributed by atoms with E-state index < -0.39 is 21.6 Å². The van der Waals surface area contributed by atoms with E-state index in [2.05, 4.69) is 14.3 Å². The van der Waals surface area contributed by atoms with E-state index in [1.807, 2.05) is 0 Å². The summed E-state index contributed by atoms with van der Waals surface area (Å²) >= 11 is 6.34. The highest BCUT2D eigenvalue weighted by Crippen LogP contribution is 2.33. The SMILES string of the molecule is CS(=O)(Cc1ccc(Cl)nc1)=Nc1nc(C(F)(F)F)cs1. The maximum atomic E-state index is 12.4. The molecule has 2 aromatic heterocycles. The first kappa shape index (κ1) is 16.2. The summed E-state index contributed by atoms with van der Waals surface area (Å²) < 4.78 is 53.4. The number of aromatic nitrogens is 2. The van der Waals surface area contributed by atoms with Gasteiger partial charge in [-0.2, -0.15) is 17.5 Å². The van der Waals surface area contributed by atoms with Gasteiger partial charge in [0, 0.05) is 17.8 Å². The topological polar surface area (TPSA) is 55.2 Å². The Bertz CT molecular complexity index is 749. The number of halogens is 4. The van der Waals surface area contributed by atoms with Gasteiger partial charge in [-0.1, -0.05) is 17.7 Å². The van der Waals surface area contributed by atoms with Gasteiger partial charge in [0.25, 0.3) is 0 Å². The zero-order valence-corrected chi connectivity index (χ0v) is 13.0. The molecule has 0 aromatic carbocycles. The first-order valence-corrected chi connectivity index (χ1v) is 8.84. The Morgan fingerprint density at radius 3 is 2.67 bits per heavy atom. The molecule has 0 radical (unpaired) electrons. The summed E-state index contributed by atoms with van der Waals surface area (Å²) in [6.07, 6.45) is -1.72. The summed E-state index contributed by atoms with van der Waals surface area (Å²) in [5.74, 6) is 0.0537. The number of nitrogens with zero attached hydrogens (tertiary/aromatic N) is 3. The lowest BCUT2D eigenvalue weighted by Crippen LogP contribution is -2.05. The Morgan fingerprint density at radius 2 is 2.14 bits per heavy atom. The molecule has 2 aromatic rings. The van der Waals surface area contributed by atoms with E-state index in [1.54, 1.807) is 6.07 Å². The monoisotopic (exact) mass is 355 g/mol. The van der Waals surface area contributed by atoms with Crippen molar-refractivity contribution >= 4 is 37.8 Å². The molecule has 1 atom stereocenters. The lowest BCUT2D eigenvalue weighted by atomic mass is 10.3. The molecule has 0 spiro atoms. The van der Waals surface area contributed by atoms with Crippen molar-refractivity contribution in [2.24, 2.45) is 4.36 Å². The summed E-state index contributed by atoms with van der Waals surface area (Å²) in [5.41, 5.74) is -0.405. The van der Waals surface area contributed by atoms with Crippen LogP contribution in [0.25, 0.3) is 0 Å². The van der Waals surface area contributed by atoms with Crippen LogP contribution in [0.2, 0.25) is 5.15 Å². The fourth-order valence-electron chi connectivity index (χ4n) is 1.43. The highest BCUT2D eigenvalue weighted by atomic mass is 35.5. The number of rotatable bonds is 3. The van der Waals surface area contributed by atoms with Gasteiger partial charge in [0.05, 0.1) is 15.5 Å². The van der Waals surface area contributed by atoms with Gasteiger partial charge in [0.1, 0.15) is 5.15 Å².